The van der Waals surface area contributed by atoms with Crippen LogP contribution in [0.3, 0.4) is 0 Å². The van der Waals surface area contributed by atoms with Crippen LogP contribution in [0, 0.1) is 5.92 Å². The first-order valence-corrected chi connectivity index (χ1v) is 10.0. The van der Waals surface area contributed by atoms with Crippen LogP contribution < -0.4 is 20.3 Å². The molecule has 0 spiro atoms. The normalized spacial score (nSPS) is 14.5. The van der Waals surface area contributed by atoms with Gasteiger partial charge in [-0.05, 0) is 38.0 Å². The fourth-order valence-electron chi connectivity index (χ4n) is 3.33. The summed E-state index contributed by atoms with van der Waals surface area (Å²) < 4.78 is 10.6. The van der Waals surface area contributed by atoms with Crippen molar-refractivity contribution < 1.29 is 14.3 Å². The number of carbonyl (C=O) groups excluding carboxylic acids is 1. The number of anilines is 3. The second-order valence-corrected chi connectivity index (χ2v) is 6.82. The second kappa shape index (κ2) is 10.6. The van der Waals surface area contributed by atoms with Gasteiger partial charge in [-0.3, -0.25) is 4.79 Å². The van der Waals surface area contributed by atoms with Gasteiger partial charge in [0.25, 0.3) is 0 Å². The molecular weight excluding hydrogens is 370 g/mol. The van der Waals surface area contributed by atoms with Crippen molar-refractivity contribution in [2.75, 3.05) is 50.2 Å². The molecule has 1 fully saturated rings. The number of nitrogens with one attached hydrogen (secondary N) is 2. The second-order valence-electron chi connectivity index (χ2n) is 6.82. The number of hydrogen-bond donors (Lipinski definition) is 2. The number of ether oxygens (including phenoxy) is 2. The van der Waals surface area contributed by atoms with Gasteiger partial charge in [0.1, 0.15) is 11.6 Å². The van der Waals surface area contributed by atoms with E-state index in [1.54, 1.807) is 13.3 Å². The van der Waals surface area contributed by atoms with Gasteiger partial charge in [-0.1, -0.05) is 12.1 Å². The zero-order valence-corrected chi connectivity index (χ0v) is 17.1. The summed E-state index contributed by atoms with van der Waals surface area (Å²) in [5.41, 5.74) is 0.849. The van der Waals surface area contributed by atoms with E-state index < -0.39 is 0 Å². The Kier molecular flexibility index (Phi) is 7.63. The molecule has 8 nitrogen and oxygen atoms in total. The van der Waals surface area contributed by atoms with Crippen LogP contribution in [0.2, 0.25) is 0 Å². The van der Waals surface area contributed by atoms with Crippen molar-refractivity contribution in [2.45, 2.75) is 19.8 Å². The van der Waals surface area contributed by atoms with Crippen molar-refractivity contribution in [3.05, 3.63) is 36.5 Å². The number of piperidine rings is 1. The lowest BCUT2D eigenvalue weighted by atomic mass is 9.96. The van der Waals surface area contributed by atoms with Crippen molar-refractivity contribution in [3.63, 3.8) is 0 Å². The van der Waals surface area contributed by atoms with Crippen LogP contribution in [0.15, 0.2) is 36.5 Å². The third kappa shape index (κ3) is 5.80. The molecule has 1 saturated heterocycles. The average Bonchev–Trinajstić information content (AvgIpc) is 2.77. The molecule has 0 unspecified atom stereocenters. The van der Waals surface area contributed by atoms with E-state index in [2.05, 4.69) is 25.5 Å². The summed E-state index contributed by atoms with van der Waals surface area (Å²) in [7, 11) is 1.64. The van der Waals surface area contributed by atoms with Crippen molar-refractivity contribution in [1.29, 1.82) is 0 Å². The molecule has 3 rings (SSSR count). The van der Waals surface area contributed by atoms with Gasteiger partial charge >= 0.3 is 0 Å². The molecular formula is C21H29N5O3. The number of methoxy groups -OCH3 is 1. The lowest BCUT2D eigenvalue weighted by Gasteiger charge is -2.31. The molecule has 0 bridgehead atoms. The van der Waals surface area contributed by atoms with Gasteiger partial charge in [-0.25, -0.2) is 4.98 Å². The average molecular weight is 399 g/mol. The standard InChI is InChI=1S/C21H29N5O3/c1-3-29-15-12-22-20(27)16-9-13-26(14-10-16)21-23-11-8-19(25-21)24-17-6-4-5-7-18(17)28-2/h4-8,11,16H,3,9-10,12-15H2,1-2H3,(H,22,27)(H,23,24,25). The molecule has 0 saturated carbocycles. The van der Waals surface area contributed by atoms with Gasteiger partial charge in [-0.15, -0.1) is 0 Å². The van der Waals surface area contributed by atoms with Gasteiger partial charge in [0, 0.05) is 38.4 Å². The number of carbonyl (C=O) groups is 1. The summed E-state index contributed by atoms with van der Waals surface area (Å²) in [6, 6.07) is 9.53. The highest BCUT2D eigenvalue weighted by Gasteiger charge is 2.26. The lowest BCUT2D eigenvalue weighted by molar-refractivity contribution is -0.125. The van der Waals surface area contributed by atoms with Crippen LogP contribution >= 0.6 is 0 Å². The molecule has 0 radical (unpaired) electrons. The highest BCUT2D eigenvalue weighted by atomic mass is 16.5. The lowest BCUT2D eigenvalue weighted by Crippen LogP contribution is -2.41. The Balaban J connectivity index is 1.55. The zero-order chi connectivity index (χ0) is 20.5. The number of amides is 1. The minimum atomic E-state index is 0.0303. The predicted molar refractivity (Wildman–Crippen MR) is 113 cm³/mol. The molecule has 0 aliphatic carbocycles. The minimum Gasteiger partial charge on any atom is -0.495 e. The van der Waals surface area contributed by atoms with E-state index in [1.807, 2.05) is 37.3 Å². The molecule has 1 aromatic heterocycles. The maximum Gasteiger partial charge on any atom is 0.227 e. The van der Waals surface area contributed by atoms with Gasteiger partial charge in [0.15, 0.2) is 0 Å². The minimum absolute atomic E-state index is 0.0303. The zero-order valence-electron chi connectivity index (χ0n) is 17.1. The van der Waals surface area contributed by atoms with E-state index in [9.17, 15) is 4.79 Å². The van der Waals surface area contributed by atoms with Crippen molar-refractivity contribution in [2.24, 2.45) is 5.92 Å². The largest absolute Gasteiger partial charge is 0.495 e. The highest BCUT2D eigenvalue weighted by molar-refractivity contribution is 5.78. The number of para-hydroxylation sites is 2. The third-order valence-electron chi connectivity index (χ3n) is 4.91. The molecule has 1 aliphatic rings. The van der Waals surface area contributed by atoms with Crippen LogP contribution in [0.4, 0.5) is 17.5 Å². The first kappa shape index (κ1) is 20.9. The smallest absolute Gasteiger partial charge is 0.227 e. The van der Waals surface area contributed by atoms with Crippen LogP contribution in [-0.4, -0.2) is 55.8 Å². The molecule has 2 heterocycles. The molecule has 2 N–H and O–H groups in total. The van der Waals surface area contributed by atoms with Gasteiger partial charge in [0.2, 0.25) is 11.9 Å². The number of hydrogen-bond acceptors (Lipinski definition) is 7. The van der Waals surface area contributed by atoms with Crippen LogP contribution in [0.25, 0.3) is 0 Å². The summed E-state index contributed by atoms with van der Waals surface area (Å²) in [6.45, 7) is 5.23. The number of benzene rings is 1. The Morgan fingerprint density at radius 3 is 2.79 bits per heavy atom. The molecule has 1 amide bonds. The molecule has 156 valence electrons. The maximum absolute atomic E-state index is 12.3. The Labute approximate surface area is 171 Å². The summed E-state index contributed by atoms with van der Waals surface area (Å²) >= 11 is 0. The van der Waals surface area contributed by atoms with Crippen molar-refractivity contribution in [3.8, 4) is 5.75 Å². The Hall–Kier alpha value is -2.87. The number of nitrogens with zero attached hydrogens (tertiary/aromatic N) is 3. The summed E-state index contributed by atoms with van der Waals surface area (Å²) in [4.78, 5) is 23.5. The third-order valence-corrected chi connectivity index (χ3v) is 4.91. The van der Waals surface area contributed by atoms with Crippen molar-refractivity contribution in [1.82, 2.24) is 15.3 Å². The number of aromatic nitrogens is 2. The van der Waals surface area contributed by atoms with Crippen molar-refractivity contribution >= 4 is 23.4 Å². The highest BCUT2D eigenvalue weighted by Crippen LogP contribution is 2.27. The Bertz CT molecular complexity index is 793. The number of rotatable bonds is 9. The van der Waals surface area contributed by atoms with E-state index in [-0.39, 0.29) is 11.8 Å². The van der Waals surface area contributed by atoms with Crippen LogP contribution in [0.1, 0.15) is 19.8 Å². The molecule has 1 aromatic carbocycles. The van der Waals surface area contributed by atoms with Gasteiger partial charge < -0.3 is 25.0 Å². The topological polar surface area (TPSA) is 88.6 Å². The molecule has 29 heavy (non-hydrogen) atoms. The fourth-order valence-corrected chi connectivity index (χ4v) is 3.33. The SMILES string of the molecule is CCOCCNC(=O)C1CCN(c2nccc(Nc3ccccc3OC)n2)CC1. The van der Waals surface area contributed by atoms with Gasteiger partial charge in [0.05, 0.1) is 19.4 Å². The van der Waals surface area contributed by atoms with E-state index in [0.29, 0.717) is 31.5 Å². The van der Waals surface area contributed by atoms with E-state index in [0.717, 1.165) is 37.4 Å². The van der Waals surface area contributed by atoms with E-state index >= 15 is 0 Å². The fraction of sp³-hybridized carbons (Fsp3) is 0.476. The molecule has 8 heteroatoms. The molecule has 1 aliphatic heterocycles. The summed E-state index contributed by atoms with van der Waals surface area (Å²) in [5.74, 6) is 2.26. The van der Waals surface area contributed by atoms with E-state index in [4.69, 9.17) is 9.47 Å². The predicted octanol–water partition coefficient (Wildman–Crippen LogP) is 2.60. The van der Waals surface area contributed by atoms with Crippen LogP contribution in [0.5, 0.6) is 5.75 Å². The summed E-state index contributed by atoms with van der Waals surface area (Å²) in [5, 5.41) is 6.24. The Morgan fingerprint density at radius 2 is 2.03 bits per heavy atom. The molecule has 2 aromatic rings. The monoisotopic (exact) mass is 399 g/mol. The van der Waals surface area contributed by atoms with Gasteiger partial charge in [-0.2, -0.15) is 4.98 Å². The van der Waals surface area contributed by atoms with Crippen LogP contribution in [-0.2, 0) is 9.53 Å². The first-order valence-electron chi connectivity index (χ1n) is 10.0. The quantitative estimate of drug-likeness (QED) is 0.627. The summed E-state index contributed by atoms with van der Waals surface area (Å²) in [6.07, 6.45) is 3.31. The van der Waals surface area contributed by atoms with E-state index in [1.165, 1.54) is 0 Å². The maximum atomic E-state index is 12.3. The first-order chi connectivity index (χ1) is 14.2. The molecule has 0 atom stereocenters. The Morgan fingerprint density at radius 1 is 1.24 bits per heavy atom.